The van der Waals surface area contributed by atoms with Crippen molar-refractivity contribution in [2.24, 2.45) is 0 Å². The Morgan fingerprint density at radius 1 is 1.44 bits per heavy atom. The van der Waals surface area contributed by atoms with Crippen molar-refractivity contribution in [1.82, 2.24) is 5.32 Å². The third-order valence-corrected chi connectivity index (χ3v) is 5.58. The average Bonchev–Trinajstić information content (AvgIpc) is 2.39. The van der Waals surface area contributed by atoms with Gasteiger partial charge >= 0.3 is 0 Å². The van der Waals surface area contributed by atoms with E-state index in [1.807, 2.05) is 0 Å². The molecule has 98 valence electrons. The predicted octanol–water partition coefficient (Wildman–Crippen LogP) is 3.30. The summed E-state index contributed by atoms with van der Waals surface area (Å²) in [6.07, 6.45) is 5.00. The lowest BCUT2D eigenvalue weighted by molar-refractivity contribution is 0.349. The second-order valence-electron chi connectivity index (χ2n) is 5.39. The highest BCUT2D eigenvalue weighted by Crippen LogP contribution is 2.47. The molecular weight excluding hydrogens is 242 g/mol. The van der Waals surface area contributed by atoms with Crippen LogP contribution >= 0.6 is 11.8 Å². The van der Waals surface area contributed by atoms with E-state index >= 15 is 0 Å². The van der Waals surface area contributed by atoms with Crippen LogP contribution in [-0.4, -0.2) is 18.9 Å². The highest BCUT2D eigenvalue weighted by Gasteiger charge is 2.40. The van der Waals surface area contributed by atoms with E-state index in [-0.39, 0.29) is 4.87 Å². The minimum absolute atomic E-state index is 0.139. The van der Waals surface area contributed by atoms with Gasteiger partial charge in [-0.2, -0.15) is 0 Å². The van der Waals surface area contributed by atoms with Gasteiger partial charge in [-0.1, -0.05) is 6.07 Å². The SMILES string of the molecule is COc1ccc2c(c1)C1(CCC2)NC(C)CCS1. The van der Waals surface area contributed by atoms with Crippen LogP contribution in [0.1, 0.15) is 37.3 Å². The summed E-state index contributed by atoms with van der Waals surface area (Å²) >= 11 is 2.09. The molecule has 1 aromatic rings. The molecule has 1 aliphatic carbocycles. The van der Waals surface area contributed by atoms with E-state index in [4.69, 9.17) is 4.74 Å². The molecule has 2 unspecified atom stereocenters. The van der Waals surface area contributed by atoms with Crippen molar-refractivity contribution in [3.05, 3.63) is 29.3 Å². The molecule has 2 atom stereocenters. The first kappa shape index (κ1) is 12.4. The summed E-state index contributed by atoms with van der Waals surface area (Å²) in [7, 11) is 1.75. The third kappa shape index (κ3) is 2.04. The zero-order valence-corrected chi connectivity index (χ0v) is 12.0. The van der Waals surface area contributed by atoms with E-state index < -0.39 is 0 Å². The Bertz CT molecular complexity index is 448. The number of fused-ring (bicyclic) bond motifs is 2. The lowest BCUT2D eigenvalue weighted by Gasteiger charge is -2.44. The highest BCUT2D eigenvalue weighted by molar-refractivity contribution is 8.00. The van der Waals surface area contributed by atoms with E-state index in [9.17, 15) is 0 Å². The molecule has 1 aliphatic heterocycles. The van der Waals surface area contributed by atoms with Gasteiger partial charge in [0, 0.05) is 6.04 Å². The zero-order valence-electron chi connectivity index (χ0n) is 11.2. The van der Waals surface area contributed by atoms with Crippen LogP contribution < -0.4 is 10.1 Å². The molecule has 1 spiro atoms. The summed E-state index contributed by atoms with van der Waals surface area (Å²) in [5.41, 5.74) is 2.96. The van der Waals surface area contributed by atoms with E-state index in [1.54, 1.807) is 7.11 Å². The number of rotatable bonds is 1. The van der Waals surface area contributed by atoms with Crippen molar-refractivity contribution in [2.75, 3.05) is 12.9 Å². The quantitative estimate of drug-likeness (QED) is 0.840. The topological polar surface area (TPSA) is 21.3 Å². The van der Waals surface area contributed by atoms with Gasteiger partial charge in [-0.15, -0.1) is 11.8 Å². The fraction of sp³-hybridized carbons (Fsp3) is 0.600. The Hall–Kier alpha value is -0.670. The number of nitrogens with one attached hydrogen (secondary N) is 1. The number of ether oxygens (including phenoxy) is 1. The van der Waals surface area contributed by atoms with Gasteiger partial charge in [-0.25, -0.2) is 0 Å². The molecule has 0 aromatic heterocycles. The molecule has 1 aromatic carbocycles. The molecule has 2 aliphatic rings. The van der Waals surface area contributed by atoms with Gasteiger partial charge in [0.05, 0.1) is 12.0 Å². The van der Waals surface area contributed by atoms with Gasteiger partial charge in [0.2, 0.25) is 0 Å². The number of hydrogen-bond donors (Lipinski definition) is 1. The fourth-order valence-corrected chi connectivity index (χ4v) is 4.90. The van der Waals surface area contributed by atoms with E-state index in [0.29, 0.717) is 6.04 Å². The van der Waals surface area contributed by atoms with Crippen LogP contribution in [0, 0.1) is 0 Å². The molecule has 3 heteroatoms. The number of thioether (sulfide) groups is 1. The lowest BCUT2D eigenvalue weighted by atomic mass is 9.86. The van der Waals surface area contributed by atoms with Crippen molar-refractivity contribution in [3.63, 3.8) is 0 Å². The molecule has 2 nitrogen and oxygen atoms in total. The number of benzene rings is 1. The van der Waals surface area contributed by atoms with Crippen LogP contribution in [-0.2, 0) is 11.3 Å². The van der Waals surface area contributed by atoms with Crippen molar-refractivity contribution >= 4 is 11.8 Å². The van der Waals surface area contributed by atoms with Crippen LogP contribution in [0.2, 0.25) is 0 Å². The molecule has 0 amide bonds. The van der Waals surface area contributed by atoms with Gasteiger partial charge in [0.25, 0.3) is 0 Å². The Labute approximate surface area is 113 Å². The Morgan fingerprint density at radius 3 is 3.11 bits per heavy atom. The molecule has 1 N–H and O–H groups in total. The fourth-order valence-electron chi connectivity index (χ4n) is 3.16. The van der Waals surface area contributed by atoms with Gasteiger partial charge in [-0.3, -0.25) is 5.32 Å². The van der Waals surface area contributed by atoms with Crippen molar-refractivity contribution < 1.29 is 4.74 Å². The smallest absolute Gasteiger partial charge is 0.119 e. The maximum Gasteiger partial charge on any atom is 0.119 e. The van der Waals surface area contributed by atoms with Crippen LogP contribution in [0.25, 0.3) is 0 Å². The summed E-state index contributed by atoms with van der Waals surface area (Å²) in [5, 5.41) is 3.85. The first-order valence-electron chi connectivity index (χ1n) is 6.82. The van der Waals surface area contributed by atoms with Crippen LogP contribution in [0.15, 0.2) is 18.2 Å². The van der Waals surface area contributed by atoms with E-state index in [1.165, 1.54) is 42.6 Å². The normalized spacial score (nSPS) is 31.1. The number of hydrogen-bond acceptors (Lipinski definition) is 3. The van der Waals surface area contributed by atoms with Crippen LogP contribution in [0.5, 0.6) is 5.75 Å². The molecule has 1 heterocycles. The summed E-state index contributed by atoms with van der Waals surface area (Å²) < 4.78 is 5.40. The molecule has 0 saturated carbocycles. The molecule has 1 fully saturated rings. The van der Waals surface area contributed by atoms with Crippen molar-refractivity contribution in [1.29, 1.82) is 0 Å². The maximum atomic E-state index is 5.40. The molecular formula is C15H21NOS. The first-order valence-corrected chi connectivity index (χ1v) is 7.81. The second kappa shape index (κ2) is 4.78. The first-order chi connectivity index (χ1) is 8.73. The van der Waals surface area contributed by atoms with Gasteiger partial charge in [0.1, 0.15) is 5.75 Å². The second-order valence-corrected chi connectivity index (χ2v) is 6.78. The Balaban J connectivity index is 2.04. The zero-order chi connectivity index (χ0) is 12.6. The average molecular weight is 263 g/mol. The molecule has 1 saturated heterocycles. The number of aryl methyl sites for hydroxylation is 1. The highest BCUT2D eigenvalue weighted by atomic mass is 32.2. The summed E-state index contributed by atoms with van der Waals surface area (Å²) in [6, 6.07) is 7.20. The summed E-state index contributed by atoms with van der Waals surface area (Å²) in [6.45, 7) is 2.30. The van der Waals surface area contributed by atoms with Gasteiger partial charge in [0.15, 0.2) is 0 Å². The lowest BCUT2D eigenvalue weighted by Crippen LogP contribution is -2.50. The minimum atomic E-state index is 0.139. The Morgan fingerprint density at radius 2 is 2.33 bits per heavy atom. The number of methoxy groups -OCH3 is 1. The standard InChI is InChI=1S/C15H21NOS/c1-11-7-9-18-15(16-11)8-3-4-12-5-6-13(17-2)10-14(12)15/h5-6,10-11,16H,3-4,7-9H2,1-2H3. The van der Waals surface area contributed by atoms with Crippen molar-refractivity contribution in [2.45, 2.75) is 43.5 Å². The molecule has 18 heavy (non-hydrogen) atoms. The van der Waals surface area contributed by atoms with Gasteiger partial charge in [-0.05, 0) is 61.6 Å². The predicted molar refractivity (Wildman–Crippen MR) is 77.3 cm³/mol. The monoisotopic (exact) mass is 263 g/mol. The Kier molecular flexibility index (Phi) is 3.29. The van der Waals surface area contributed by atoms with Crippen molar-refractivity contribution in [3.8, 4) is 5.75 Å². The largest absolute Gasteiger partial charge is 0.497 e. The molecule has 3 rings (SSSR count). The van der Waals surface area contributed by atoms with Crippen LogP contribution in [0.3, 0.4) is 0 Å². The van der Waals surface area contributed by atoms with Crippen LogP contribution in [0.4, 0.5) is 0 Å². The van der Waals surface area contributed by atoms with E-state index in [0.717, 1.165) is 5.75 Å². The van der Waals surface area contributed by atoms with E-state index in [2.05, 4.69) is 42.2 Å². The third-order valence-electron chi connectivity index (χ3n) is 4.11. The summed E-state index contributed by atoms with van der Waals surface area (Å²) in [4.78, 5) is 0.139. The molecule has 0 bridgehead atoms. The molecule has 0 radical (unpaired) electrons. The summed E-state index contributed by atoms with van der Waals surface area (Å²) in [5.74, 6) is 2.24. The maximum absolute atomic E-state index is 5.40. The minimum Gasteiger partial charge on any atom is -0.497 e. The van der Waals surface area contributed by atoms with Gasteiger partial charge < -0.3 is 4.74 Å².